The van der Waals surface area contributed by atoms with Crippen molar-refractivity contribution in [3.8, 4) is 5.75 Å². The monoisotopic (exact) mass is 589 g/mol. The Kier molecular flexibility index (Phi) is 6.79. The van der Waals surface area contributed by atoms with E-state index >= 15 is 0 Å². The first kappa shape index (κ1) is 26.7. The molecular formula is C34H24FN3O4S. The van der Waals surface area contributed by atoms with Crippen LogP contribution in [-0.2, 0) is 13.0 Å². The summed E-state index contributed by atoms with van der Waals surface area (Å²) in [6, 6.07) is 27.8. The fourth-order valence-corrected chi connectivity index (χ4v) is 6.71. The predicted octanol–water partition coefficient (Wildman–Crippen LogP) is 5.95. The number of nitrogens with zero attached hydrogens (tertiary/aromatic N) is 3. The molecule has 43 heavy (non-hydrogen) atoms. The fourth-order valence-electron chi connectivity index (χ4n) is 5.71. The topological polar surface area (TPSA) is 86.7 Å². The van der Waals surface area contributed by atoms with Gasteiger partial charge in [-0.2, -0.15) is 0 Å². The van der Waals surface area contributed by atoms with Crippen molar-refractivity contribution < 1.29 is 14.1 Å². The third-order valence-corrected chi connectivity index (χ3v) is 8.79. The number of halogens is 1. The van der Waals surface area contributed by atoms with Crippen molar-refractivity contribution in [2.45, 2.75) is 25.5 Å². The third kappa shape index (κ3) is 4.97. The molecule has 0 spiro atoms. The minimum Gasteiger partial charge on any atom is -0.488 e. The molecule has 0 saturated carbocycles. The minimum atomic E-state index is -0.439. The Bertz CT molecular complexity index is 2100. The zero-order chi connectivity index (χ0) is 29.5. The van der Waals surface area contributed by atoms with Gasteiger partial charge in [0.2, 0.25) is 0 Å². The summed E-state index contributed by atoms with van der Waals surface area (Å²) in [7, 11) is 0. The zero-order valence-corrected chi connectivity index (χ0v) is 23.6. The van der Waals surface area contributed by atoms with E-state index in [2.05, 4.69) is 12.1 Å². The van der Waals surface area contributed by atoms with Gasteiger partial charge in [-0.05, 0) is 71.5 Å². The highest BCUT2D eigenvalue weighted by molar-refractivity contribution is 7.07. The van der Waals surface area contributed by atoms with E-state index in [0.717, 1.165) is 46.4 Å². The Hall–Kier alpha value is -5.15. The van der Waals surface area contributed by atoms with Gasteiger partial charge in [-0.25, -0.2) is 9.38 Å². The van der Waals surface area contributed by atoms with Crippen molar-refractivity contribution in [3.63, 3.8) is 0 Å². The summed E-state index contributed by atoms with van der Waals surface area (Å²) >= 11 is 1.32. The Morgan fingerprint density at radius 2 is 1.72 bits per heavy atom. The molecule has 2 heterocycles. The number of aromatic nitrogens is 1. The van der Waals surface area contributed by atoms with Crippen molar-refractivity contribution in [2.75, 3.05) is 0 Å². The van der Waals surface area contributed by atoms with Crippen LogP contribution in [0.4, 0.5) is 10.1 Å². The number of nitro groups is 1. The van der Waals surface area contributed by atoms with E-state index in [-0.39, 0.29) is 23.7 Å². The molecule has 0 unspecified atom stereocenters. The van der Waals surface area contributed by atoms with Crippen LogP contribution in [0, 0.1) is 15.9 Å². The number of hydrogen-bond acceptors (Lipinski definition) is 6. The van der Waals surface area contributed by atoms with Crippen LogP contribution < -0.4 is 19.6 Å². The normalized spacial score (nSPS) is 15.7. The van der Waals surface area contributed by atoms with Gasteiger partial charge in [0.25, 0.3) is 11.2 Å². The van der Waals surface area contributed by atoms with Crippen LogP contribution in [0.3, 0.4) is 0 Å². The lowest BCUT2D eigenvalue weighted by molar-refractivity contribution is -0.384. The van der Waals surface area contributed by atoms with Crippen LogP contribution in [0.2, 0.25) is 0 Å². The van der Waals surface area contributed by atoms with E-state index in [9.17, 15) is 19.3 Å². The van der Waals surface area contributed by atoms with Crippen molar-refractivity contribution in [1.29, 1.82) is 0 Å². The maximum absolute atomic E-state index is 14.1. The standard InChI is InChI=1S/C34H24FN3O4S/c35-25-14-11-23(12-15-25)32-28-18-13-22-5-1-3-7-27(22)31(28)36-34-37(32)33(39)30(43-34)19-24-6-2-4-8-29(24)42-20-21-9-16-26(17-10-21)38(40)41/h1-12,14-17,19,32H,13,18,20H2/b30-19-/t32-/m0/s1. The van der Waals surface area contributed by atoms with Crippen LogP contribution in [-0.4, -0.2) is 9.49 Å². The summed E-state index contributed by atoms with van der Waals surface area (Å²) in [5.74, 6) is 0.250. The van der Waals surface area contributed by atoms with Crippen molar-refractivity contribution in [3.05, 3.63) is 166 Å². The van der Waals surface area contributed by atoms with Gasteiger partial charge in [-0.1, -0.05) is 65.9 Å². The molecule has 9 heteroatoms. The summed E-state index contributed by atoms with van der Waals surface area (Å²) in [6.45, 7) is 0.209. The van der Waals surface area contributed by atoms with Crippen LogP contribution in [0.5, 0.6) is 5.75 Å². The largest absolute Gasteiger partial charge is 0.488 e. The molecule has 1 aromatic heterocycles. The quantitative estimate of drug-likeness (QED) is 0.181. The molecule has 1 atom stereocenters. The summed E-state index contributed by atoms with van der Waals surface area (Å²) in [5, 5.41) is 11.0. The van der Waals surface area contributed by atoms with E-state index in [1.807, 2.05) is 42.5 Å². The van der Waals surface area contributed by atoms with Crippen molar-refractivity contribution in [1.82, 2.24) is 4.57 Å². The molecule has 0 fully saturated rings. The second-order valence-electron chi connectivity index (χ2n) is 10.4. The van der Waals surface area contributed by atoms with Gasteiger partial charge in [0.1, 0.15) is 18.2 Å². The van der Waals surface area contributed by atoms with Crippen molar-refractivity contribution >= 4 is 28.8 Å². The lowest BCUT2D eigenvalue weighted by Gasteiger charge is -2.30. The molecule has 2 aliphatic rings. The second-order valence-corrected chi connectivity index (χ2v) is 11.4. The number of non-ortho nitro benzene ring substituents is 1. The SMILES string of the molecule is O=c1/c(=C/c2ccccc2OCc2ccc([N+](=O)[O-])cc2)sc2n1[C@@H](c1ccc(F)cc1)C1=C(N=2)c2ccccc2CC1. The minimum absolute atomic E-state index is 0.0173. The highest BCUT2D eigenvalue weighted by Crippen LogP contribution is 2.41. The van der Waals surface area contributed by atoms with Gasteiger partial charge in [0.05, 0.1) is 21.2 Å². The van der Waals surface area contributed by atoms with Gasteiger partial charge in [0.15, 0.2) is 4.80 Å². The molecule has 212 valence electrons. The Morgan fingerprint density at radius 1 is 0.977 bits per heavy atom. The van der Waals surface area contributed by atoms with Crippen LogP contribution in [0.15, 0.2) is 112 Å². The maximum Gasteiger partial charge on any atom is 0.271 e. The molecule has 1 aliphatic carbocycles. The molecule has 7 rings (SSSR count). The Labute approximate surface area is 249 Å². The summed E-state index contributed by atoms with van der Waals surface area (Å²) < 4.78 is 22.2. The van der Waals surface area contributed by atoms with E-state index in [1.54, 1.807) is 28.8 Å². The van der Waals surface area contributed by atoms with Gasteiger partial charge >= 0.3 is 0 Å². The third-order valence-electron chi connectivity index (χ3n) is 7.81. The van der Waals surface area contributed by atoms with Crippen LogP contribution >= 0.6 is 11.3 Å². The Balaban J connectivity index is 1.31. The molecular weight excluding hydrogens is 565 g/mol. The first-order chi connectivity index (χ1) is 21.0. The van der Waals surface area contributed by atoms with Gasteiger partial charge < -0.3 is 4.74 Å². The number of ether oxygens (including phenoxy) is 1. The number of nitro benzene ring substituents is 1. The lowest BCUT2D eigenvalue weighted by Crippen LogP contribution is -2.38. The van der Waals surface area contributed by atoms with Gasteiger partial charge in [-0.15, -0.1) is 0 Å². The molecule has 5 aromatic rings. The highest BCUT2D eigenvalue weighted by atomic mass is 32.1. The predicted molar refractivity (Wildman–Crippen MR) is 163 cm³/mol. The number of fused-ring (bicyclic) bond motifs is 3. The number of allylic oxidation sites excluding steroid dienone is 1. The molecule has 0 amide bonds. The number of hydrogen-bond donors (Lipinski definition) is 0. The van der Waals surface area contributed by atoms with E-state index < -0.39 is 11.0 Å². The summed E-state index contributed by atoms with van der Waals surface area (Å²) in [5.41, 5.74) is 6.42. The number of aryl methyl sites for hydroxylation is 1. The smallest absolute Gasteiger partial charge is 0.271 e. The average Bonchev–Trinajstić information content (AvgIpc) is 3.34. The molecule has 7 nitrogen and oxygen atoms in total. The number of rotatable bonds is 6. The number of benzene rings is 4. The Morgan fingerprint density at radius 3 is 2.51 bits per heavy atom. The maximum atomic E-state index is 14.1. The van der Waals surface area contributed by atoms with Gasteiger partial charge in [0, 0.05) is 23.3 Å². The highest BCUT2D eigenvalue weighted by Gasteiger charge is 2.32. The molecule has 0 N–H and O–H groups in total. The first-order valence-electron chi connectivity index (χ1n) is 13.8. The molecule has 0 bridgehead atoms. The number of thiazole rings is 1. The molecule has 1 aliphatic heterocycles. The van der Waals surface area contributed by atoms with E-state index in [4.69, 9.17) is 9.73 Å². The number of para-hydroxylation sites is 1. The van der Waals surface area contributed by atoms with Crippen LogP contribution in [0.25, 0.3) is 11.8 Å². The summed E-state index contributed by atoms with van der Waals surface area (Å²) in [4.78, 5) is 30.2. The molecule has 0 radical (unpaired) electrons. The van der Waals surface area contributed by atoms with E-state index in [0.29, 0.717) is 15.1 Å². The van der Waals surface area contributed by atoms with Gasteiger partial charge in [-0.3, -0.25) is 19.5 Å². The van der Waals surface area contributed by atoms with E-state index in [1.165, 1.54) is 41.2 Å². The fraction of sp³-hybridized carbons (Fsp3) is 0.118. The first-order valence-corrected chi connectivity index (χ1v) is 14.6. The molecule has 0 saturated heterocycles. The zero-order valence-electron chi connectivity index (χ0n) is 22.8. The summed E-state index contributed by atoms with van der Waals surface area (Å²) in [6.07, 6.45) is 3.40. The molecule has 4 aromatic carbocycles. The van der Waals surface area contributed by atoms with Crippen LogP contribution in [0.1, 0.15) is 40.3 Å². The lowest BCUT2D eigenvalue weighted by atomic mass is 9.83. The average molecular weight is 590 g/mol. The van der Waals surface area contributed by atoms with Crippen molar-refractivity contribution in [2.24, 2.45) is 4.99 Å². The second kappa shape index (κ2) is 10.9.